The number of nitrogens with zero attached hydrogens (tertiary/aromatic N) is 2. The normalized spacial score (nSPS) is 17.7. The number of carboxylic acids is 1. The van der Waals surface area contributed by atoms with Crippen LogP contribution in [-0.2, 0) is 19.4 Å². The molecule has 1 heterocycles. The van der Waals surface area contributed by atoms with Gasteiger partial charge in [-0.05, 0) is 0 Å². The number of aliphatic carboxylic acids is 1. The third-order valence-corrected chi connectivity index (χ3v) is 3.52. The summed E-state index contributed by atoms with van der Waals surface area (Å²) >= 11 is 0. The van der Waals surface area contributed by atoms with E-state index in [0.29, 0.717) is 32.7 Å². The average Bonchev–Trinajstić information content (AvgIpc) is 2.24. The van der Waals surface area contributed by atoms with Gasteiger partial charge in [0, 0.05) is 39.0 Å². The zero-order valence-electron chi connectivity index (χ0n) is 10.3. The highest BCUT2D eigenvalue weighted by atomic mass is 32.2. The van der Waals surface area contributed by atoms with E-state index in [1.54, 1.807) is 0 Å². The standard InChI is InChI=1S/C10H18N2O5S/c1-18(16,17)8-9(13)12-6-4-11(5-7-12)3-2-10(14)15/h2-8H2,1H3,(H,14,15). The summed E-state index contributed by atoms with van der Waals surface area (Å²) in [6.45, 7) is 2.54. The fraction of sp³-hybridized carbons (Fsp3) is 0.800. The molecule has 0 aromatic carbocycles. The molecule has 18 heavy (non-hydrogen) atoms. The summed E-state index contributed by atoms with van der Waals surface area (Å²) in [6.07, 6.45) is 1.12. The van der Waals surface area contributed by atoms with Gasteiger partial charge < -0.3 is 10.0 Å². The molecule has 0 unspecified atom stereocenters. The largest absolute Gasteiger partial charge is 0.481 e. The van der Waals surface area contributed by atoms with Gasteiger partial charge in [0.1, 0.15) is 5.75 Å². The molecule has 0 radical (unpaired) electrons. The van der Waals surface area contributed by atoms with Crippen molar-refractivity contribution in [3.63, 3.8) is 0 Å². The first-order chi connectivity index (χ1) is 8.28. The molecule has 104 valence electrons. The van der Waals surface area contributed by atoms with Gasteiger partial charge in [0.25, 0.3) is 0 Å². The first kappa shape index (κ1) is 14.9. The molecule has 0 bridgehead atoms. The molecule has 8 heteroatoms. The Morgan fingerprint density at radius 3 is 2.17 bits per heavy atom. The maximum atomic E-state index is 11.6. The molecular formula is C10H18N2O5S. The SMILES string of the molecule is CS(=O)(=O)CC(=O)N1CCN(CCC(=O)O)CC1. The summed E-state index contributed by atoms with van der Waals surface area (Å²) in [4.78, 5) is 25.5. The number of carbonyl (C=O) groups excluding carboxylic acids is 1. The van der Waals surface area contributed by atoms with Crippen molar-refractivity contribution < 1.29 is 23.1 Å². The smallest absolute Gasteiger partial charge is 0.304 e. The van der Waals surface area contributed by atoms with Gasteiger partial charge >= 0.3 is 5.97 Å². The van der Waals surface area contributed by atoms with E-state index in [2.05, 4.69) is 0 Å². The molecule has 0 atom stereocenters. The minimum atomic E-state index is -3.29. The summed E-state index contributed by atoms with van der Waals surface area (Å²) < 4.78 is 22.0. The Morgan fingerprint density at radius 1 is 1.17 bits per heavy atom. The number of rotatable bonds is 5. The molecule has 1 N–H and O–H groups in total. The average molecular weight is 278 g/mol. The van der Waals surface area contributed by atoms with Crippen molar-refractivity contribution in [3.8, 4) is 0 Å². The Bertz CT molecular complexity index is 412. The lowest BCUT2D eigenvalue weighted by Crippen LogP contribution is -2.50. The first-order valence-corrected chi connectivity index (χ1v) is 7.73. The second-order valence-electron chi connectivity index (χ2n) is 4.44. The van der Waals surface area contributed by atoms with Crippen molar-refractivity contribution >= 4 is 21.7 Å². The van der Waals surface area contributed by atoms with Gasteiger partial charge in [-0.3, -0.25) is 14.5 Å². The predicted molar refractivity (Wildman–Crippen MR) is 65.0 cm³/mol. The number of hydrogen-bond acceptors (Lipinski definition) is 5. The second kappa shape index (κ2) is 6.14. The highest BCUT2D eigenvalue weighted by Crippen LogP contribution is 2.04. The summed E-state index contributed by atoms with van der Waals surface area (Å²) in [5, 5.41) is 8.55. The van der Waals surface area contributed by atoms with Crippen LogP contribution in [0.15, 0.2) is 0 Å². The zero-order chi connectivity index (χ0) is 13.8. The van der Waals surface area contributed by atoms with Gasteiger partial charge in [-0.25, -0.2) is 8.42 Å². The van der Waals surface area contributed by atoms with Crippen LogP contribution in [0.5, 0.6) is 0 Å². The molecule has 1 amide bonds. The van der Waals surface area contributed by atoms with Gasteiger partial charge in [0.2, 0.25) is 5.91 Å². The lowest BCUT2D eigenvalue weighted by atomic mass is 10.3. The van der Waals surface area contributed by atoms with Gasteiger partial charge in [-0.15, -0.1) is 0 Å². The topological polar surface area (TPSA) is 95.0 Å². The second-order valence-corrected chi connectivity index (χ2v) is 6.58. The Labute approximate surface area is 106 Å². The van der Waals surface area contributed by atoms with Crippen molar-refractivity contribution in [3.05, 3.63) is 0 Å². The molecule has 1 fully saturated rings. The van der Waals surface area contributed by atoms with Crippen LogP contribution in [-0.4, -0.2) is 79.9 Å². The van der Waals surface area contributed by atoms with Crippen molar-refractivity contribution in [1.29, 1.82) is 0 Å². The number of carbonyl (C=O) groups is 2. The van der Waals surface area contributed by atoms with E-state index in [4.69, 9.17) is 5.11 Å². The number of sulfone groups is 1. The molecule has 1 aliphatic rings. The highest BCUT2D eigenvalue weighted by molar-refractivity contribution is 7.91. The van der Waals surface area contributed by atoms with Crippen molar-refractivity contribution in [2.75, 3.05) is 44.7 Å². The van der Waals surface area contributed by atoms with E-state index in [1.165, 1.54) is 4.90 Å². The Balaban J connectivity index is 2.35. The summed E-state index contributed by atoms with van der Waals surface area (Å²) in [7, 11) is -3.29. The van der Waals surface area contributed by atoms with Crippen LogP contribution in [0.4, 0.5) is 0 Å². The van der Waals surface area contributed by atoms with Crippen LogP contribution in [0.2, 0.25) is 0 Å². The van der Waals surface area contributed by atoms with E-state index in [-0.39, 0.29) is 12.3 Å². The van der Waals surface area contributed by atoms with E-state index in [1.807, 2.05) is 4.90 Å². The van der Waals surface area contributed by atoms with Crippen molar-refractivity contribution in [1.82, 2.24) is 9.80 Å². The van der Waals surface area contributed by atoms with Crippen LogP contribution >= 0.6 is 0 Å². The number of hydrogen-bond donors (Lipinski definition) is 1. The molecule has 1 rings (SSSR count). The van der Waals surface area contributed by atoms with E-state index in [0.717, 1.165) is 6.26 Å². The molecule has 0 spiro atoms. The monoisotopic (exact) mass is 278 g/mol. The number of piperazine rings is 1. The van der Waals surface area contributed by atoms with Crippen LogP contribution < -0.4 is 0 Å². The Morgan fingerprint density at radius 2 is 1.72 bits per heavy atom. The van der Waals surface area contributed by atoms with Gasteiger partial charge in [0.15, 0.2) is 9.84 Å². The minimum absolute atomic E-state index is 0.0806. The van der Waals surface area contributed by atoms with Crippen LogP contribution in [0.1, 0.15) is 6.42 Å². The third kappa shape index (κ3) is 5.46. The van der Waals surface area contributed by atoms with Gasteiger partial charge in [-0.2, -0.15) is 0 Å². The van der Waals surface area contributed by atoms with E-state index >= 15 is 0 Å². The van der Waals surface area contributed by atoms with Gasteiger partial charge in [0.05, 0.1) is 6.42 Å². The van der Waals surface area contributed by atoms with Crippen molar-refractivity contribution in [2.24, 2.45) is 0 Å². The van der Waals surface area contributed by atoms with Crippen LogP contribution in [0, 0.1) is 0 Å². The van der Waals surface area contributed by atoms with Crippen LogP contribution in [0.3, 0.4) is 0 Å². The quantitative estimate of drug-likeness (QED) is 0.668. The maximum absolute atomic E-state index is 11.6. The summed E-state index contributed by atoms with van der Waals surface area (Å²) in [6, 6.07) is 0. The van der Waals surface area contributed by atoms with Crippen molar-refractivity contribution in [2.45, 2.75) is 6.42 Å². The maximum Gasteiger partial charge on any atom is 0.304 e. The molecule has 0 aromatic heterocycles. The molecule has 0 aromatic rings. The fourth-order valence-electron chi connectivity index (χ4n) is 1.79. The minimum Gasteiger partial charge on any atom is -0.481 e. The first-order valence-electron chi connectivity index (χ1n) is 5.67. The molecular weight excluding hydrogens is 260 g/mol. The van der Waals surface area contributed by atoms with E-state index < -0.39 is 21.6 Å². The lowest BCUT2D eigenvalue weighted by molar-refractivity contribution is -0.138. The lowest BCUT2D eigenvalue weighted by Gasteiger charge is -2.34. The summed E-state index contributed by atoms with van der Waals surface area (Å²) in [5.41, 5.74) is 0. The zero-order valence-corrected chi connectivity index (χ0v) is 11.1. The third-order valence-electron chi connectivity index (χ3n) is 2.75. The number of carboxylic acid groups (broad SMARTS) is 1. The molecule has 0 aliphatic carbocycles. The van der Waals surface area contributed by atoms with Crippen LogP contribution in [0.25, 0.3) is 0 Å². The molecule has 1 saturated heterocycles. The molecule has 7 nitrogen and oxygen atoms in total. The summed E-state index contributed by atoms with van der Waals surface area (Å²) in [5.74, 6) is -1.68. The van der Waals surface area contributed by atoms with E-state index in [9.17, 15) is 18.0 Å². The predicted octanol–water partition coefficient (Wildman–Crippen LogP) is -1.35. The van der Waals surface area contributed by atoms with Gasteiger partial charge in [-0.1, -0.05) is 0 Å². The molecule has 1 aliphatic heterocycles. The molecule has 0 saturated carbocycles. The number of amides is 1. The Kier molecular flexibility index (Phi) is 5.09. The highest BCUT2D eigenvalue weighted by Gasteiger charge is 2.23. The Hall–Kier alpha value is -1.15. The fourth-order valence-corrected chi connectivity index (χ4v) is 2.42.